The highest BCUT2D eigenvalue weighted by Gasteiger charge is 2.50. The van der Waals surface area contributed by atoms with Gasteiger partial charge in [0.2, 0.25) is 5.91 Å². The standard InChI is InChI=1S/C23H23FN2O4/c1-23(2)12-15(23)22(27)26-13-5-6-19(16(24)9-13)30-18-7-8-25-17-11-21(29-4)20(28-3)10-14(17)18/h5-11,15H,12H2,1-4H3,(H,26,27)/t15-/m1/s1. The molecule has 1 aromatic heterocycles. The highest BCUT2D eigenvalue weighted by Crippen LogP contribution is 2.52. The fourth-order valence-corrected chi connectivity index (χ4v) is 3.46. The molecule has 0 spiro atoms. The van der Waals surface area contributed by atoms with E-state index in [0.29, 0.717) is 33.8 Å². The molecular formula is C23H23FN2O4. The molecule has 7 heteroatoms. The van der Waals surface area contributed by atoms with Gasteiger partial charge in [-0.3, -0.25) is 9.78 Å². The minimum absolute atomic E-state index is 0.0117. The first-order chi connectivity index (χ1) is 14.3. The molecular weight excluding hydrogens is 387 g/mol. The molecule has 2 aromatic carbocycles. The van der Waals surface area contributed by atoms with Crippen LogP contribution in [0.15, 0.2) is 42.6 Å². The van der Waals surface area contributed by atoms with Crippen LogP contribution in [0.25, 0.3) is 10.9 Å². The van der Waals surface area contributed by atoms with E-state index >= 15 is 0 Å². The summed E-state index contributed by atoms with van der Waals surface area (Å²) < 4.78 is 31.1. The number of aromatic nitrogens is 1. The normalized spacial score (nSPS) is 16.8. The number of rotatable bonds is 6. The van der Waals surface area contributed by atoms with Crippen molar-refractivity contribution in [2.75, 3.05) is 19.5 Å². The number of pyridine rings is 1. The van der Waals surface area contributed by atoms with Crippen molar-refractivity contribution in [1.82, 2.24) is 4.98 Å². The Kier molecular flexibility index (Phi) is 4.97. The zero-order valence-electron chi connectivity index (χ0n) is 17.3. The average molecular weight is 410 g/mol. The molecule has 1 aliphatic carbocycles. The molecule has 4 rings (SSSR count). The van der Waals surface area contributed by atoms with Crippen LogP contribution < -0.4 is 19.5 Å². The van der Waals surface area contributed by atoms with Gasteiger partial charge in [0.25, 0.3) is 0 Å². The molecule has 0 bridgehead atoms. The number of nitrogens with one attached hydrogen (secondary N) is 1. The summed E-state index contributed by atoms with van der Waals surface area (Å²) in [6, 6.07) is 9.50. The fraction of sp³-hybridized carbons (Fsp3) is 0.304. The number of carbonyl (C=O) groups excluding carboxylic acids is 1. The van der Waals surface area contributed by atoms with Gasteiger partial charge in [-0.2, -0.15) is 0 Å². The Bertz CT molecular complexity index is 1130. The third-order valence-electron chi connectivity index (χ3n) is 5.46. The number of nitrogens with zero attached hydrogens (tertiary/aromatic N) is 1. The number of carbonyl (C=O) groups is 1. The first kappa shape index (κ1) is 19.9. The van der Waals surface area contributed by atoms with E-state index in [9.17, 15) is 9.18 Å². The lowest BCUT2D eigenvalue weighted by Gasteiger charge is -2.13. The number of amides is 1. The van der Waals surface area contributed by atoms with E-state index in [2.05, 4.69) is 10.3 Å². The summed E-state index contributed by atoms with van der Waals surface area (Å²) >= 11 is 0. The van der Waals surface area contributed by atoms with Crippen LogP contribution in [0.2, 0.25) is 0 Å². The van der Waals surface area contributed by atoms with E-state index in [0.717, 1.165) is 6.42 Å². The van der Waals surface area contributed by atoms with Crippen molar-refractivity contribution in [1.29, 1.82) is 0 Å². The Hall–Kier alpha value is -3.35. The number of ether oxygens (including phenoxy) is 3. The summed E-state index contributed by atoms with van der Waals surface area (Å²) in [6.07, 6.45) is 2.42. The van der Waals surface area contributed by atoms with Gasteiger partial charge in [-0.05, 0) is 36.1 Å². The van der Waals surface area contributed by atoms with Crippen molar-refractivity contribution >= 4 is 22.5 Å². The molecule has 3 aromatic rings. The van der Waals surface area contributed by atoms with Crippen LogP contribution in [0, 0.1) is 17.2 Å². The molecule has 0 saturated heterocycles. The van der Waals surface area contributed by atoms with Gasteiger partial charge in [0.1, 0.15) is 5.75 Å². The van der Waals surface area contributed by atoms with Crippen LogP contribution in [-0.2, 0) is 4.79 Å². The minimum atomic E-state index is -0.576. The Labute approximate surface area is 174 Å². The van der Waals surface area contributed by atoms with Gasteiger partial charge in [0.05, 0.1) is 19.7 Å². The van der Waals surface area contributed by atoms with Crippen molar-refractivity contribution in [2.24, 2.45) is 11.3 Å². The topological polar surface area (TPSA) is 69.7 Å². The lowest BCUT2D eigenvalue weighted by Crippen LogP contribution is -2.16. The predicted octanol–water partition coefficient (Wildman–Crippen LogP) is 5.17. The number of anilines is 1. The minimum Gasteiger partial charge on any atom is -0.493 e. The van der Waals surface area contributed by atoms with Gasteiger partial charge in [0, 0.05) is 35.3 Å². The highest BCUT2D eigenvalue weighted by molar-refractivity contribution is 5.95. The van der Waals surface area contributed by atoms with Crippen LogP contribution in [0.1, 0.15) is 20.3 Å². The van der Waals surface area contributed by atoms with Crippen molar-refractivity contribution in [3.63, 3.8) is 0 Å². The second-order valence-electron chi connectivity index (χ2n) is 8.02. The number of halogens is 1. The maximum atomic E-state index is 14.7. The lowest BCUT2D eigenvalue weighted by atomic mass is 10.1. The summed E-state index contributed by atoms with van der Waals surface area (Å²) in [5.41, 5.74) is 1.04. The molecule has 1 heterocycles. The van der Waals surface area contributed by atoms with Crippen LogP contribution in [-0.4, -0.2) is 25.1 Å². The molecule has 0 unspecified atom stereocenters. The smallest absolute Gasteiger partial charge is 0.228 e. The molecule has 0 aliphatic heterocycles. The molecule has 1 aliphatic rings. The van der Waals surface area contributed by atoms with Gasteiger partial charge in [-0.1, -0.05) is 13.8 Å². The summed E-state index contributed by atoms with van der Waals surface area (Å²) in [6.45, 7) is 4.08. The van der Waals surface area contributed by atoms with Gasteiger partial charge in [-0.15, -0.1) is 0 Å². The van der Waals surface area contributed by atoms with Crippen molar-refractivity contribution in [3.05, 3.63) is 48.4 Å². The summed E-state index contributed by atoms with van der Waals surface area (Å²) in [4.78, 5) is 16.6. The molecule has 1 saturated carbocycles. The first-order valence-corrected chi connectivity index (χ1v) is 9.61. The fourth-order valence-electron chi connectivity index (χ4n) is 3.46. The zero-order chi connectivity index (χ0) is 21.5. The summed E-state index contributed by atoms with van der Waals surface area (Å²) in [5.74, 6) is 0.830. The highest BCUT2D eigenvalue weighted by atomic mass is 19.1. The third-order valence-corrected chi connectivity index (χ3v) is 5.46. The van der Waals surface area contributed by atoms with E-state index in [1.807, 2.05) is 13.8 Å². The molecule has 30 heavy (non-hydrogen) atoms. The number of hydrogen-bond donors (Lipinski definition) is 1. The lowest BCUT2D eigenvalue weighted by molar-refractivity contribution is -0.118. The van der Waals surface area contributed by atoms with E-state index in [4.69, 9.17) is 14.2 Å². The first-order valence-electron chi connectivity index (χ1n) is 9.61. The van der Waals surface area contributed by atoms with Gasteiger partial charge < -0.3 is 19.5 Å². The zero-order valence-corrected chi connectivity index (χ0v) is 17.3. The van der Waals surface area contributed by atoms with Crippen LogP contribution in [0.4, 0.5) is 10.1 Å². The molecule has 0 radical (unpaired) electrons. The van der Waals surface area contributed by atoms with Gasteiger partial charge >= 0.3 is 0 Å². The second-order valence-corrected chi connectivity index (χ2v) is 8.02. The van der Waals surface area contributed by atoms with Crippen molar-refractivity contribution in [3.8, 4) is 23.0 Å². The number of hydrogen-bond acceptors (Lipinski definition) is 5. The second kappa shape index (κ2) is 7.48. The van der Waals surface area contributed by atoms with Crippen molar-refractivity contribution in [2.45, 2.75) is 20.3 Å². The number of benzene rings is 2. The monoisotopic (exact) mass is 410 g/mol. The number of fused-ring (bicyclic) bond motifs is 1. The van der Waals surface area contributed by atoms with E-state index < -0.39 is 5.82 Å². The Balaban J connectivity index is 1.58. The Morgan fingerprint density at radius 1 is 1.07 bits per heavy atom. The van der Waals surface area contributed by atoms with E-state index in [1.165, 1.54) is 19.2 Å². The molecule has 1 fully saturated rings. The Morgan fingerprint density at radius 3 is 2.40 bits per heavy atom. The predicted molar refractivity (Wildman–Crippen MR) is 112 cm³/mol. The van der Waals surface area contributed by atoms with Gasteiger partial charge in [0.15, 0.2) is 23.1 Å². The molecule has 1 amide bonds. The summed E-state index contributed by atoms with van der Waals surface area (Å²) in [7, 11) is 3.08. The van der Waals surface area contributed by atoms with Gasteiger partial charge in [-0.25, -0.2) is 4.39 Å². The van der Waals surface area contributed by atoms with E-state index in [1.54, 1.807) is 37.6 Å². The SMILES string of the molecule is COc1cc2nccc(Oc3ccc(NC(=O)[C@H]4CC4(C)C)cc3F)c2cc1OC. The van der Waals surface area contributed by atoms with Crippen LogP contribution in [0.5, 0.6) is 23.0 Å². The molecule has 1 atom stereocenters. The largest absolute Gasteiger partial charge is 0.493 e. The van der Waals surface area contributed by atoms with Crippen LogP contribution in [0.3, 0.4) is 0 Å². The van der Waals surface area contributed by atoms with E-state index in [-0.39, 0.29) is 23.0 Å². The summed E-state index contributed by atoms with van der Waals surface area (Å²) in [5, 5.41) is 3.43. The number of methoxy groups -OCH3 is 2. The Morgan fingerprint density at radius 2 is 1.77 bits per heavy atom. The quantitative estimate of drug-likeness (QED) is 0.607. The molecule has 6 nitrogen and oxygen atoms in total. The maximum absolute atomic E-state index is 14.7. The van der Waals surface area contributed by atoms with Crippen molar-refractivity contribution < 1.29 is 23.4 Å². The maximum Gasteiger partial charge on any atom is 0.228 e. The van der Waals surface area contributed by atoms with Crippen LogP contribution >= 0.6 is 0 Å². The third kappa shape index (κ3) is 3.75. The molecule has 156 valence electrons. The average Bonchev–Trinajstić information content (AvgIpc) is 3.37. The molecule has 1 N–H and O–H groups in total.